The van der Waals surface area contributed by atoms with Gasteiger partial charge >= 0.3 is 0 Å². The maximum absolute atomic E-state index is 10.4. The van der Waals surface area contributed by atoms with E-state index in [1.54, 1.807) is 13.0 Å². The van der Waals surface area contributed by atoms with E-state index < -0.39 is 5.97 Å². The summed E-state index contributed by atoms with van der Waals surface area (Å²) in [6.45, 7) is 8.11. The SMILES string of the molecule is C/C(=C\CCC(C)C)CC/C=C(\C)C(=O)[O-]. The van der Waals surface area contributed by atoms with Crippen LogP contribution in [0, 0.1) is 5.92 Å². The van der Waals surface area contributed by atoms with Crippen LogP contribution in [0.3, 0.4) is 0 Å². The predicted molar refractivity (Wildman–Crippen MR) is 65.8 cm³/mol. The van der Waals surface area contributed by atoms with Crippen molar-refractivity contribution in [3.8, 4) is 0 Å². The first-order valence-electron chi connectivity index (χ1n) is 5.97. The third-order valence-corrected chi connectivity index (χ3v) is 2.55. The second-order valence-corrected chi connectivity index (χ2v) is 4.73. The average molecular weight is 223 g/mol. The van der Waals surface area contributed by atoms with Gasteiger partial charge in [-0.25, -0.2) is 0 Å². The molecular weight excluding hydrogens is 200 g/mol. The fourth-order valence-electron chi connectivity index (χ4n) is 1.36. The van der Waals surface area contributed by atoms with E-state index in [0.717, 1.165) is 25.2 Å². The summed E-state index contributed by atoms with van der Waals surface area (Å²) in [6.07, 6.45) is 8.03. The lowest BCUT2D eigenvalue weighted by Gasteiger charge is -2.03. The molecule has 0 saturated heterocycles. The molecule has 0 aromatic heterocycles. The zero-order valence-electron chi connectivity index (χ0n) is 10.9. The van der Waals surface area contributed by atoms with Crippen LogP contribution in [0.2, 0.25) is 0 Å². The first kappa shape index (κ1) is 14.9. The van der Waals surface area contributed by atoms with Gasteiger partial charge in [0.2, 0.25) is 0 Å². The van der Waals surface area contributed by atoms with E-state index in [0.29, 0.717) is 5.57 Å². The highest BCUT2D eigenvalue weighted by Gasteiger charge is 1.94. The summed E-state index contributed by atoms with van der Waals surface area (Å²) in [4.78, 5) is 10.4. The molecule has 0 saturated carbocycles. The van der Waals surface area contributed by atoms with Crippen LogP contribution in [0.5, 0.6) is 0 Å². The Labute approximate surface area is 99.1 Å². The Morgan fingerprint density at radius 3 is 2.31 bits per heavy atom. The first-order valence-corrected chi connectivity index (χ1v) is 5.97. The molecular formula is C14H23O2-. The van der Waals surface area contributed by atoms with Crippen LogP contribution in [-0.2, 0) is 4.79 Å². The highest BCUT2D eigenvalue weighted by molar-refractivity contribution is 5.83. The van der Waals surface area contributed by atoms with Crippen molar-refractivity contribution in [3.05, 3.63) is 23.3 Å². The van der Waals surface area contributed by atoms with Gasteiger partial charge in [0.15, 0.2) is 0 Å². The molecule has 0 atom stereocenters. The van der Waals surface area contributed by atoms with E-state index >= 15 is 0 Å². The molecule has 0 N–H and O–H groups in total. The van der Waals surface area contributed by atoms with E-state index in [2.05, 4.69) is 26.8 Å². The van der Waals surface area contributed by atoms with Gasteiger partial charge in [-0.05, 0) is 51.0 Å². The topological polar surface area (TPSA) is 40.1 Å². The van der Waals surface area contributed by atoms with Crippen molar-refractivity contribution in [1.29, 1.82) is 0 Å². The Kier molecular flexibility index (Phi) is 7.61. The fourth-order valence-corrected chi connectivity index (χ4v) is 1.36. The van der Waals surface area contributed by atoms with Gasteiger partial charge in [-0.1, -0.05) is 31.6 Å². The van der Waals surface area contributed by atoms with Crippen LogP contribution in [0.15, 0.2) is 23.3 Å². The van der Waals surface area contributed by atoms with Gasteiger partial charge in [0.05, 0.1) is 5.97 Å². The Bertz CT molecular complexity index is 272. The van der Waals surface area contributed by atoms with Gasteiger partial charge in [0, 0.05) is 0 Å². The summed E-state index contributed by atoms with van der Waals surface area (Å²) in [5.41, 5.74) is 1.66. The van der Waals surface area contributed by atoms with Crippen molar-refractivity contribution in [1.82, 2.24) is 0 Å². The Hall–Kier alpha value is -1.05. The Morgan fingerprint density at radius 2 is 1.81 bits per heavy atom. The Balaban J connectivity index is 3.84. The molecule has 2 nitrogen and oxygen atoms in total. The lowest BCUT2D eigenvalue weighted by atomic mass is 10.0. The quantitative estimate of drug-likeness (QED) is 0.492. The van der Waals surface area contributed by atoms with Crippen molar-refractivity contribution < 1.29 is 9.90 Å². The van der Waals surface area contributed by atoms with Gasteiger partial charge < -0.3 is 9.90 Å². The monoisotopic (exact) mass is 223 g/mol. The average Bonchev–Trinajstić information content (AvgIpc) is 2.16. The molecule has 0 unspecified atom stereocenters. The van der Waals surface area contributed by atoms with Crippen molar-refractivity contribution in [2.24, 2.45) is 5.92 Å². The standard InChI is InChI=1S/C14H24O2/c1-11(2)7-5-8-12(3)9-6-10-13(4)14(15)16/h8,10-11H,5-7,9H2,1-4H3,(H,15,16)/p-1/b12-8+,13-10+. The first-order chi connectivity index (χ1) is 7.43. The van der Waals surface area contributed by atoms with Gasteiger partial charge in [0.1, 0.15) is 0 Å². The molecule has 0 spiro atoms. The van der Waals surface area contributed by atoms with Gasteiger partial charge in [0.25, 0.3) is 0 Å². The molecule has 0 fully saturated rings. The van der Waals surface area contributed by atoms with Crippen LogP contribution in [0.4, 0.5) is 0 Å². The number of carboxylic acid groups (broad SMARTS) is 1. The lowest BCUT2D eigenvalue weighted by molar-refractivity contribution is -0.299. The molecule has 0 aliphatic rings. The largest absolute Gasteiger partial charge is 0.545 e. The summed E-state index contributed by atoms with van der Waals surface area (Å²) in [5, 5.41) is 10.4. The van der Waals surface area contributed by atoms with E-state index in [1.165, 1.54) is 12.0 Å². The minimum atomic E-state index is -1.07. The van der Waals surface area contributed by atoms with E-state index in [9.17, 15) is 9.90 Å². The molecule has 0 aliphatic heterocycles. The van der Waals surface area contributed by atoms with Crippen LogP contribution in [-0.4, -0.2) is 5.97 Å². The third-order valence-electron chi connectivity index (χ3n) is 2.55. The van der Waals surface area contributed by atoms with Gasteiger partial charge in [-0.15, -0.1) is 0 Å². The second-order valence-electron chi connectivity index (χ2n) is 4.73. The number of carbonyl (C=O) groups excluding carboxylic acids is 1. The summed E-state index contributed by atoms with van der Waals surface area (Å²) < 4.78 is 0. The van der Waals surface area contributed by atoms with E-state index in [4.69, 9.17) is 0 Å². The number of hydrogen-bond donors (Lipinski definition) is 0. The second kappa shape index (κ2) is 8.14. The number of hydrogen-bond acceptors (Lipinski definition) is 2. The van der Waals surface area contributed by atoms with Crippen LogP contribution >= 0.6 is 0 Å². The highest BCUT2D eigenvalue weighted by atomic mass is 16.4. The summed E-state index contributed by atoms with van der Waals surface area (Å²) in [7, 11) is 0. The van der Waals surface area contributed by atoms with Crippen molar-refractivity contribution in [3.63, 3.8) is 0 Å². The van der Waals surface area contributed by atoms with Gasteiger partial charge in [-0.2, -0.15) is 0 Å². The molecule has 2 heteroatoms. The Morgan fingerprint density at radius 1 is 1.19 bits per heavy atom. The van der Waals surface area contributed by atoms with Crippen LogP contribution in [0.25, 0.3) is 0 Å². The van der Waals surface area contributed by atoms with Crippen molar-refractivity contribution in [2.45, 2.75) is 53.4 Å². The smallest absolute Gasteiger partial charge is 0.0668 e. The minimum absolute atomic E-state index is 0.329. The molecule has 92 valence electrons. The van der Waals surface area contributed by atoms with Crippen molar-refractivity contribution in [2.75, 3.05) is 0 Å². The highest BCUT2D eigenvalue weighted by Crippen LogP contribution is 2.11. The molecule has 16 heavy (non-hydrogen) atoms. The number of allylic oxidation sites excluding steroid dienone is 3. The molecule has 0 aliphatic carbocycles. The lowest BCUT2D eigenvalue weighted by Crippen LogP contribution is -2.22. The molecule has 0 aromatic rings. The zero-order valence-corrected chi connectivity index (χ0v) is 10.9. The molecule has 0 radical (unpaired) electrons. The van der Waals surface area contributed by atoms with Crippen LogP contribution < -0.4 is 5.11 Å². The summed E-state index contributed by atoms with van der Waals surface area (Å²) >= 11 is 0. The number of rotatable bonds is 7. The minimum Gasteiger partial charge on any atom is -0.545 e. The fraction of sp³-hybridized carbons (Fsp3) is 0.643. The van der Waals surface area contributed by atoms with E-state index in [1.807, 2.05) is 0 Å². The van der Waals surface area contributed by atoms with E-state index in [-0.39, 0.29) is 0 Å². The molecule has 0 bridgehead atoms. The van der Waals surface area contributed by atoms with Crippen molar-refractivity contribution >= 4 is 5.97 Å². The molecule has 0 amide bonds. The number of carbonyl (C=O) groups is 1. The van der Waals surface area contributed by atoms with Crippen LogP contribution in [0.1, 0.15) is 53.4 Å². The molecule has 0 rings (SSSR count). The third kappa shape index (κ3) is 8.27. The molecule has 0 heterocycles. The van der Waals surface area contributed by atoms with Gasteiger partial charge in [-0.3, -0.25) is 0 Å². The number of aliphatic carboxylic acids is 1. The number of carboxylic acids is 1. The normalized spacial score (nSPS) is 13.3. The summed E-state index contributed by atoms with van der Waals surface area (Å²) in [6, 6.07) is 0. The maximum atomic E-state index is 10.4. The summed E-state index contributed by atoms with van der Waals surface area (Å²) in [5.74, 6) is -0.328. The molecule has 0 aromatic carbocycles. The maximum Gasteiger partial charge on any atom is 0.0668 e. The zero-order chi connectivity index (χ0) is 12.6. The predicted octanol–water partition coefficient (Wildman–Crippen LogP) is 2.85.